The normalized spacial score (nSPS) is 14.1. The first kappa shape index (κ1) is 57.8. The summed E-state index contributed by atoms with van der Waals surface area (Å²) in [6, 6.07) is 17.0. The zero-order chi connectivity index (χ0) is 53.3. The van der Waals surface area contributed by atoms with Crippen LogP contribution < -0.4 is 20.1 Å². The summed E-state index contributed by atoms with van der Waals surface area (Å²) in [5.41, 5.74) is 9.19. The molecule has 0 spiro atoms. The zero-order valence-electron chi connectivity index (χ0n) is 46.5. The minimum atomic E-state index is -0.817. The van der Waals surface area contributed by atoms with E-state index in [1.165, 1.54) is 0 Å². The summed E-state index contributed by atoms with van der Waals surface area (Å²) in [4.78, 5) is 28.0. The molecular weight excluding hydrogens is 901 g/mol. The topological polar surface area (TPSA) is 158 Å². The van der Waals surface area contributed by atoms with E-state index in [2.05, 4.69) is 142 Å². The number of carbonyl (C=O) groups excluding carboxylic acids is 2. The number of phenols is 2. The summed E-state index contributed by atoms with van der Waals surface area (Å²) in [6.07, 6.45) is 4.80. The lowest BCUT2D eigenvalue weighted by atomic mass is 9.79. The highest BCUT2D eigenvalue weighted by molar-refractivity contribution is 5.82. The number of nitrogens with one attached hydrogen (secondary N) is 2. The van der Waals surface area contributed by atoms with Crippen molar-refractivity contribution in [2.24, 2.45) is 0 Å². The fourth-order valence-electron chi connectivity index (χ4n) is 9.36. The number of carbonyl (C=O) groups is 2. The molecule has 4 aromatic carbocycles. The lowest BCUT2D eigenvalue weighted by Crippen LogP contribution is -2.39. The highest BCUT2D eigenvalue weighted by Crippen LogP contribution is 2.44. The van der Waals surface area contributed by atoms with Crippen LogP contribution in [0.3, 0.4) is 0 Å². The SMILES string of the molecule is CCC(Oc1c2cc(C(C)(C)C)cc1Cc1cc(C(C)(C)C)cc(c1O)Cc1cc(C(C)(C)C)cc(c1OC(CC)C(=O)NCCCCCO)Cc1cc(C(C)(C)C)cc(c1O)C2)C(=O)NCCCCCO. The number of hydrogen-bond acceptors (Lipinski definition) is 8. The van der Waals surface area contributed by atoms with Crippen LogP contribution in [0.25, 0.3) is 0 Å². The molecule has 2 atom stereocenters. The third kappa shape index (κ3) is 15.0. The van der Waals surface area contributed by atoms with Crippen molar-refractivity contribution in [3.8, 4) is 23.0 Å². The van der Waals surface area contributed by atoms with Gasteiger partial charge in [0.2, 0.25) is 0 Å². The van der Waals surface area contributed by atoms with Gasteiger partial charge in [0.25, 0.3) is 11.8 Å². The summed E-state index contributed by atoms with van der Waals surface area (Å²) in [5, 5.41) is 50.4. The second-order valence-corrected chi connectivity index (χ2v) is 24.4. The Hall–Kier alpha value is -5.06. The molecule has 0 saturated heterocycles. The Balaban J connectivity index is 1.87. The first-order valence-corrected chi connectivity index (χ1v) is 26.8. The van der Waals surface area contributed by atoms with Gasteiger partial charge in [-0.15, -0.1) is 0 Å². The molecule has 10 nitrogen and oxygen atoms in total. The van der Waals surface area contributed by atoms with E-state index in [4.69, 9.17) is 9.47 Å². The quantitative estimate of drug-likeness (QED) is 0.0474. The molecule has 1 aliphatic carbocycles. The van der Waals surface area contributed by atoms with Crippen molar-refractivity contribution >= 4 is 11.8 Å². The number of ether oxygens (including phenoxy) is 2. The lowest BCUT2D eigenvalue weighted by Gasteiger charge is -2.29. The molecule has 5 rings (SSSR count). The molecule has 6 N–H and O–H groups in total. The van der Waals surface area contributed by atoms with Crippen LogP contribution in [-0.2, 0) is 56.9 Å². The second kappa shape index (κ2) is 24.3. The van der Waals surface area contributed by atoms with Gasteiger partial charge in [0.05, 0.1) is 0 Å². The van der Waals surface area contributed by atoms with E-state index in [0.717, 1.165) is 70.2 Å². The van der Waals surface area contributed by atoms with Crippen molar-refractivity contribution in [1.82, 2.24) is 10.6 Å². The van der Waals surface area contributed by atoms with E-state index in [1.54, 1.807) is 0 Å². The minimum absolute atomic E-state index is 0.115. The molecule has 0 saturated carbocycles. The summed E-state index contributed by atoms with van der Waals surface area (Å²) in [5.74, 6) is 1.03. The number of aromatic hydroxyl groups is 2. The molecule has 0 radical (unpaired) electrons. The number of rotatable bonds is 18. The number of aliphatic hydroxyl groups is 2. The van der Waals surface area contributed by atoms with E-state index >= 15 is 0 Å². The highest BCUT2D eigenvalue weighted by atomic mass is 16.5. The number of amides is 2. The molecule has 2 unspecified atom stereocenters. The molecule has 8 bridgehead atoms. The highest BCUT2D eigenvalue weighted by Gasteiger charge is 2.31. The molecule has 10 heteroatoms. The molecule has 72 heavy (non-hydrogen) atoms. The Morgan fingerprint density at radius 2 is 0.694 bits per heavy atom. The second-order valence-electron chi connectivity index (χ2n) is 24.4. The first-order chi connectivity index (χ1) is 33.7. The molecule has 0 heterocycles. The van der Waals surface area contributed by atoms with Gasteiger partial charge >= 0.3 is 0 Å². The van der Waals surface area contributed by atoms with Gasteiger partial charge in [0, 0.05) is 52.0 Å². The van der Waals surface area contributed by atoms with Gasteiger partial charge in [-0.2, -0.15) is 0 Å². The minimum Gasteiger partial charge on any atom is -0.507 e. The van der Waals surface area contributed by atoms with Crippen LogP contribution in [-0.4, -0.2) is 70.8 Å². The number of fused-ring (bicyclic) bond motifs is 8. The summed E-state index contributed by atoms with van der Waals surface area (Å²) < 4.78 is 14.1. The molecular formula is C62H90N2O8. The van der Waals surface area contributed by atoms with E-state index in [1.807, 2.05) is 13.8 Å². The lowest BCUT2D eigenvalue weighted by molar-refractivity contribution is -0.128. The monoisotopic (exact) mass is 991 g/mol. The summed E-state index contributed by atoms with van der Waals surface area (Å²) in [6.45, 7) is 31.2. The average Bonchev–Trinajstić information content (AvgIpc) is 3.28. The van der Waals surface area contributed by atoms with E-state index in [9.17, 15) is 30.0 Å². The Kier molecular flexibility index (Phi) is 19.5. The van der Waals surface area contributed by atoms with Gasteiger partial charge in [-0.05, 0) is 140 Å². The fourth-order valence-corrected chi connectivity index (χ4v) is 9.36. The van der Waals surface area contributed by atoms with Crippen LogP contribution in [0.4, 0.5) is 0 Å². The number of aliphatic hydroxyl groups excluding tert-OH is 2. The third-order valence-electron chi connectivity index (χ3n) is 14.1. The van der Waals surface area contributed by atoms with Gasteiger partial charge in [0.1, 0.15) is 23.0 Å². The van der Waals surface area contributed by atoms with Crippen molar-refractivity contribution in [3.63, 3.8) is 0 Å². The summed E-state index contributed by atoms with van der Waals surface area (Å²) in [7, 11) is 0. The molecule has 396 valence electrons. The van der Waals surface area contributed by atoms with Gasteiger partial charge in [-0.25, -0.2) is 0 Å². The van der Waals surface area contributed by atoms with Crippen LogP contribution in [0, 0.1) is 0 Å². The van der Waals surface area contributed by atoms with E-state index < -0.39 is 12.2 Å². The van der Waals surface area contributed by atoms with Crippen LogP contribution >= 0.6 is 0 Å². The van der Waals surface area contributed by atoms with Crippen molar-refractivity contribution < 1.29 is 39.5 Å². The Bertz CT molecular complexity index is 2230. The number of unbranched alkanes of at least 4 members (excludes halogenated alkanes) is 4. The molecule has 4 aromatic rings. The Labute approximate surface area is 432 Å². The maximum atomic E-state index is 14.0. The number of hydrogen-bond donors (Lipinski definition) is 6. The average molecular weight is 991 g/mol. The maximum Gasteiger partial charge on any atom is 0.261 e. The van der Waals surface area contributed by atoms with Crippen molar-refractivity contribution in [3.05, 3.63) is 115 Å². The van der Waals surface area contributed by atoms with Crippen LogP contribution in [0.5, 0.6) is 23.0 Å². The van der Waals surface area contributed by atoms with E-state index in [-0.39, 0.29) is 58.2 Å². The van der Waals surface area contributed by atoms with Crippen molar-refractivity contribution in [2.45, 2.75) is 208 Å². The molecule has 0 aliphatic heterocycles. The van der Waals surface area contributed by atoms with Crippen molar-refractivity contribution in [1.29, 1.82) is 0 Å². The van der Waals surface area contributed by atoms with Crippen LogP contribution in [0.1, 0.15) is 215 Å². The van der Waals surface area contributed by atoms with Crippen molar-refractivity contribution in [2.75, 3.05) is 26.3 Å². The largest absolute Gasteiger partial charge is 0.507 e. The number of phenolic OH excluding ortho intramolecular Hbond substituents is 2. The fraction of sp³-hybridized carbons (Fsp3) is 0.581. The van der Waals surface area contributed by atoms with Crippen LogP contribution in [0.2, 0.25) is 0 Å². The maximum absolute atomic E-state index is 14.0. The first-order valence-electron chi connectivity index (χ1n) is 26.8. The van der Waals surface area contributed by atoms with Gasteiger partial charge in [-0.3, -0.25) is 9.59 Å². The zero-order valence-corrected chi connectivity index (χ0v) is 46.5. The standard InChI is InChI=1S/C62H90N2O8/c1-15-51(57(69)63-23-19-17-21-25-65)71-55-43-27-39-31-47(59(3,4)5)33-41(53(39)67)29-45-37-50(62(12,13)14)38-46(56(45)72-52(16-2)58(70)64-24-20-18-22-26-66)30-42-34-48(60(6,7)8)32-40(54(42)68)28-44(55)36-49(35-43)61(9,10)11/h31-38,51-52,65-68H,15-30H2,1-14H3,(H,63,69)(H,64,70). The predicted octanol–water partition coefficient (Wildman–Crippen LogP) is 11.8. The predicted molar refractivity (Wildman–Crippen MR) is 292 cm³/mol. The molecule has 0 fully saturated rings. The van der Waals surface area contributed by atoms with E-state index in [0.29, 0.717) is 98.2 Å². The molecule has 1 aliphatic rings. The number of benzene rings is 4. The smallest absolute Gasteiger partial charge is 0.261 e. The van der Waals surface area contributed by atoms with Gasteiger partial charge < -0.3 is 40.5 Å². The van der Waals surface area contributed by atoms with Gasteiger partial charge in [0.15, 0.2) is 12.2 Å². The molecule has 0 aromatic heterocycles. The van der Waals surface area contributed by atoms with Crippen LogP contribution in [0.15, 0.2) is 48.5 Å². The Morgan fingerprint density at radius 1 is 0.444 bits per heavy atom. The summed E-state index contributed by atoms with van der Waals surface area (Å²) >= 11 is 0. The third-order valence-corrected chi connectivity index (χ3v) is 14.1. The van der Waals surface area contributed by atoms with Gasteiger partial charge in [-0.1, -0.05) is 145 Å². The molecule has 2 amide bonds. The Morgan fingerprint density at radius 3 is 0.917 bits per heavy atom.